The van der Waals surface area contributed by atoms with E-state index < -0.39 is 7.82 Å². The maximum absolute atomic E-state index is 10.8. The van der Waals surface area contributed by atoms with Crippen molar-refractivity contribution in [1.82, 2.24) is 0 Å². The Hall–Kier alpha value is 0.520. The summed E-state index contributed by atoms with van der Waals surface area (Å²) in [6.07, 6.45) is 22.8. The Morgan fingerprint density at radius 2 is 1.16 bits per heavy atom. The number of hydrogen-bond donors (Lipinski definition) is 3. The Kier molecular flexibility index (Phi) is 23.1. The summed E-state index contributed by atoms with van der Waals surface area (Å²) >= 11 is 0.742. The molecule has 0 saturated heterocycles. The fourth-order valence-corrected chi connectivity index (χ4v) is 2.80. The molecule has 3 N–H and O–H groups in total. The molecule has 0 fully saturated rings. The van der Waals surface area contributed by atoms with E-state index in [1.165, 1.54) is 77.0 Å². The first-order chi connectivity index (χ1) is 11.8. The van der Waals surface area contributed by atoms with Crippen molar-refractivity contribution in [3.8, 4) is 0 Å². The number of rotatable bonds is 15. The third-order valence-electron chi connectivity index (χ3n) is 3.79. The molecule has 0 saturated carbocycles. The SMILES string of the molecule is CCCCCCCC/C=C\CCCCCCC[C](=O)[Na].O=P(O)(O)O. The van der Waals surface area contributed by atoms with Gasteiger partial charge in [0, 0.05) is 0 Å². The standard InChI is InChI=1S/C18H33O.Na.H3O4P/c1-2-3-4-5-6-7-8-9-10-11-12-13-14-15-16-17-18-19;;1-5(2,3)4/h9-10H,2-8,11-17H2,1H3;;(H3,1,2,3,4)/b10-9-;;. The van der Waals surface area contributed by atoms with Crippen LogP contribution in [-0.4, -0.2) is 45.6 Å². The predicted molar refractivity (Wildman–Crippen MR) is 104 cm³/mol. The summed E-state index contributed by atoms with van der Waals surface area (Å²) in [6.45, 7) is 2.27. The number of carbonyl (C=O) groups excluding carboxylic acids is 1. The molecule has 0 rings (SSSR count). The van der Waals surface area contributed by atoms with Crippen molar-refractivity contribution < 1.29 is 24.0 Å². The molecule has 144 valence electrons. The van der Waals surface area contributed by atoms with Crippen molar-refractivity contribution in [2.75, 3.05) is 0 Å². The quantitative estimate of drug-likeness (QED) is 0.163. The zero-order valence-corrected chi connectivity index (χ0v) is 19.1. The van der Waals surface area contributed by atoms with Crippen LogP contribution in [0.5, 0.6) is 0 Å². The van der Waals surface area contributed by atoms with Crippen LogP contribution >= 0.6 is 7.82 Å². The summed E-state index contributed by atoms with van der Waals surface area (Å²) in [4.78, 5) is 32.4. The monoisotopic (exact) mass is 386 g/mol. The number of unbranched alkanes of at least 4 members (excludes halogenated alkanes) is 11. The largest absolute Gasteiger partial charge is 0.466 e. The van der Waals surface area contributed by atoms with Crippen molar-refractivity contribution >= 4 is 38.8 Å². The summed E-state index contributed by atoms with van der Waals surface area (Å²) in [7, 11) is -4.64. The average Bonchev–Trinajstić information content (AvgIpc) is 2.49. The molecule has 0 aromatic heterocycles. The molecule has 0 unspecified atom stereocenters. The fraction of sp³-hybridized carbons (Fsp3) is 0.833. The molecule has 0 atom stereocenters. The van der Waals surface area contributed by atoms with Crippen LogP contribution in [0.15, 0.2) is 12.2 Å². The van der Waals surface area contributed by atoms with Crippen LogP contribution in [0, 0.1) is 0 Å². The molecule has 0 aromatic carbocycles. The van der Waals surface area contributed by atoms with Gasteiger partial charge in [0.05, 0.1) is 0 Å². The van der Waals surface area contributed by atoms with Crippen LogP contribution in [-0.2, 0) is 9.36 Å². The van der Waals surface area contributed by atoms with Crippen LogP contribution < -0.4 is 0 Å². The Morgan fingerprint density at radius 1 is 0.800 bits per heavy atom. The second-order valence-electron chi connectivity index (χ2n) is 6.55. The molecular formula is C18H36NaO5P. The Bertz CT molecular complexity index is 360. The van der Waals surface area contributed by atoms with Gasteiger partial charge in [0.25, 0.3) is 0 Å². The summed E-state index contributed by atoms with van der Waals surface area (Å²) in [5, 5.41) is 0. The molecular weight excluding hydrogens is 350 g/mol. The van der Waals surface area contributed by atoms with Gasteiger partial charge in [-0.2, -0.15) is 0 Å². The first-order valence-corrected chi connectivity index (χ1v) is 12.3. The van der Waals surface area contributed by atoms with Crippen LogP contribution in [0.3, 0.4) is 0 Å². The Balaban J connectivity index is 0. The van der Waals surface area contributed by atoms with E-state index in [0.717, 1.165) is 40.8 Å². The van der Waals surface area contributed by atoms with Gasteiger partial charge in [0.1, 0.15) is 0 Å². The minimum atomic E-state index is -4.64. The van der Waals surface area contributed by atoms with Crippen molar-refractivity contribution in [2.24, 2.45) is 0 Å². The van der Waals surface area contributed by atoms with E-state index in [9.17, 15) is 4.79 Å². The van der Waals surface area contributed by atoms with E-state index >= 15 is 0 Å². The van der Waals surface area contributed by atoms with Crippen LogP contribution in [0.4, 0.5) is 0 Å². The molecule has 0 aliphatic rings. The number of allylic oxidation sites excluding steroid dienone is 2. The zero-order valence-electron chi connectivity index (χ0n) is 16.2. The van der Waals surface area contributed by atoms with E-state index in [0.29, 0.717) is 3.03 Å². The molecule has 0 amide bonds. The second kappa shape index (κ2) is 20.8. The van der Waals surface area contributed by atoms with E-state index in [1.807, 2.05) is 0 Å². The van der Waals surface area contributed by atoms with Crippen molar-refractivity contribution in [1.29, 1.82) is 0 Å². The van der Waals surface area contributed by atoms with Gasteiger partial charge in [0.15, 0.2) is 0 Å². The maximum atomic E-state index is 10.8. The van der Waals surface area contributed by atoms with E-state index in [2.05, 4.69) is 19.1 Å². The van der Waals surface area contributed by atoms with Gasteiger partial charge in [-0.25, -0.2) is 4.57 Å². The molecule has 0 aliphatic carbocycles. The molecule has 0 aliphatic heterocycles. The van der Waals surface area contributed by atoms with Crippen LogP contribution in [0.2, 0.25) is 0 Å². The average molecular weight is 386 g/mol. The first-order valence-electron chi connectivity index (χ1n) is 9.70. The number of hydrogen-bond acceptors (Lipinski definition) is 2. The van der Waals surface area contributed by atoms with Crippen molar-refractivity contribution in [3.05, 3.63) is 12.2 Å². The molecule has 7 heteroatoms. The van der Waals surface area contributed by atoms with E-state index in [1.54, 1.807) is 0 Å². The van der Waals surface area contributed by atoms with Gasteiger partial charge >= 0.3 is 114 Å². The zero-order chi connectivity index (χ0) is 19.4. The molecule has 0 aromatic rings. The molecule has 0 radical (unpaired) electrons. The maximum Gasteiger partial charge on any atom is 0.466 e. The summed E-state index contributed by atoms with van der Waals surface area (Å²) in [5.74, 6) is 0. The van der Waals surface area contributed by atoms with E-state index in [4.69, 9.17) is 19.2 Å². The first kappa shape index (κ1) is 27.7. The number of carbonyl (C=O) groups is 1. The van der Waals surface area contributed by atoms with Crippen LogP contribution in [0.25, 0.3) is 0 Å². The molecule has 0 heterocycles. The van der Waals surface area contributed by atoms with Crippen molar-refractivity contribution in [2.45, 2.75) is 96.8 Å². The Morgan fingerprint density at radius 3 is 1.56 bits per heavy atom. The molecule has 0 bridgehead atoms. The summed E-state index contributed by atoms with van der Waals surface area (Å²) in [6, 6.07) is 0. The van der Waals surface area contributed by atoms with Gasteiger partial charge in [-0.15, -0.1) is 0 Å². The third-order valence-corrected chi connectivity index (χ3v) is 4.29. The van der Waals surface area contributed by atoms with Gasteiger partial charge in [0.2, 0.25) is 0 Å². The minimum Gasteiger partial charge on any atom is -0.303 e. The second-order valence-corrected chi connectivity index (χ2v) is 8.69. The van der Waals surface area contributed by atoms with Gasteiger partial charge < -0.3 is 14.7 Å². The summed E-state index contributed by atoms with van der Waals surface area (Å²) in [5.41, 5.74) is 0. The minimum absolute atomic E-state index is 0.475. The predicted octanol–water partition coefficient (Wildman–Crippen LogP) is 4.79. The number of phosphoric acid groups is 1. The molecule has 5 nitrogen and oxygen atoms in total. The molecule has 25 heavy (non-hydrogen) atoms. The third kappa shape index (κ3) is 40.5. The van der Waals surface area contributed by atoms with Gasteiger partial charge in [-0.05, 0) is 0 Å². The van der Waals surface area contributed by atoms with E-state index in [-0.39, 0.29) is 0 Å². The smallest absolute Gasteiger partial charge is 0.303 e. The fourth-order valence-electron chi connectivity index (χ4n) is 2.44. The Labute approximate surface area is 171 Å². The normalized spacial score (nSPS) is 11.4. The summed E-state index contributed by atoms with van der Waals surface area (Å²) < 4.78 is 9.36. The van der Waals surface area contributed by atoms with Gasteiger partial charge in [-0.1, -0.05) is 39.0 Å². The van der Waals surface area contributed by atoms with Crippen molar-refractivity contribution in [3.63, 3.8) is 0 Å². The molecule has 0 spiro atoms. The van der Waals surface area contributed by atoms with Gasteiger partial charge in [-0.3, -0.25) is 0 Å². The van der Waals surface area contributed by atoms with Crippen LogP contribution in [0.1, 0.15) is 96.8 Å². The topological polar surface area (TPSA) is 94.8 Å².